The highest BCUT2D eigenvalue weighted by Gasteiger charge is 2.31. The van der Waals surface area contributed by atoms with E-state index < -0.39 is 18.0 Å². The van der Waals surface area contributed by atoms with Gasteiger partial charge in [0.15, 0.2) is 6.10 Å². The molecule has 0 saturated carbocycles. The minimum atomic E-state index is -1.03. The van der Waals surface area contributed by atoms with Gasteiger partial charge in [0.05, 0.1) is 11.3 Å². The molecule has 31 heavy (non-hydrogen) atoms. The number of benzene rings is 2. The second-order valence-corrected chi connectivity index (χ2v) is 7.61. The summed E-state index contributed by atoms with van der Waals surface area (Å²) in [6.45, 7) is 5.65. The molecule has 1 N–H and O–H groups in total. The van der Waals surface area contributed by atoms with Crippen molar-refractivity contribution in [3.05, 3.63) is 59.7 Å². The lowest BCUT2D eigenvalue weighted by atomic mass is 9.97. The number of hydrogen-bond acceptors (Lipinski definition) is 5. The summed E-state index contributed by atoms with van der Waals surface area (Å²) >= 11 is 0. The maximum atomic E-state index is 12.6. The Labute approximate surface area is 181 Å². The Balaban J connectivity index is 1.69. The van der Waals surface area contributed by atoms with Crippen LogP contribution in [0.25, 0.3) is 0 Å². The van der Waals surface area contributed by atoms with Gasteiger partial charge >= 0.3 is 5.97 Å². The van der Waals surface area contributed by atoms with Gasteiger partial charge in [-0.2, -0.15) is 0 Å². The van der Waals surface area contributed by atoms with Crippen molar-refractivity contribution in [1.29, 1.82) is 0 Å². The number of hydrogen-bond donors (Lipinski definition) is 1. The molecular formula is C24H26N2O5. The van der Waals surface area contributed by atoms with Crippen LogP contribution < -0.4 is 10.2 Å². The lowest BCUT2D eigenvalue weighted by Gasteiger charge is -2.18. The van der Waals surface area contributed by atoms with E-state index in [0.29, 0.717) is 11.4 Å². The fraction of sp³-hybridized carbons (Fsp3) is 0.333. The molecule has 1 fully saturated rings. The second-order valence-electron chi connectivity index (χ2n) is 7.61. The summed E-state index contributed by atoms with van der Waals surface area (Å²) in [7, 11) is 0. The van der Waals surface area contributed by atoms with Gasteiger partial charge in [-0.05, 0) is 49.1 Å². The summed E-state index contributed by atoms with van der Waals surface area (Å²) in [5.74, 6) is -1.48. The average molecular weight is 422 g/mol. The third-order valence-corrected chi connectivity index (χ3v) is 5.41. The van der Waals surface area contributed by atoms with Gasteiger partial charge in [0.25, 0.3) is 5.91 Å². The fourth-order valence-electron chi connectivity index (χ4n) is 3.41. The number of amides is 3. The summed E-state index contributed by atoms with van der Waals surface area (Å²) in [4.78, 5) is 50.1. The number of esters is 1. The van der Waals surface area contributed by atoms with Gasteiger partial charge in [0.1, 0.15) is 0 Å². The van der Waals surface area contributed by atoms with Gasteiger partial charge in [-0.3, -0.25) is 19.3 Å². The summed E-state index contributed by atoms with van der Waals surface area (Å²) in [5.41, 5.74) is 2.19. The molecule has 0 radical (unpaired) electrons. The lowest BCUT2D eigenvalue weighted by molar-refractivity contribution is -0.124. The third-order valence-electron chi connectivity index (χ3n) is 5.41. The Bertz CT molecular complexity index is 1000. The number of rotatable bonds is 7. The van der Waals surface area contributed by atoms with Gasteiger partial charge in [0.2, 0.25) is 11.8 Å². The predicted molar refractivity (Wildman–Crippen MR) is 117 cm³/mol. The Morgan fingerprint density at radius 3 is 2.39 bits per heavy atom. The molecule has 7 heteroatoms. The molecule has 1 saturated heterocycles. The van der Waals surface area contributed by atoms with Gasteiger partial charge < -0.3 is 10.1 Å². The first-order valence-electron chi connectivity index (χ1n) is 10.4. The van der Waals surface area contributed by atoms with E-state index >= 15 is 0 Å². The van der Waals surface area contributed by atoms with Crippen LogP contribution in [0.1, 0.15) is 61.9 Å². The summed E-state index contributed by atoms with van der Waals surface area (Å²) < 4.78 is 5.33. The van der Waals surface area contributed by atoms with Crippen LogP contribution in [-0.4, -0.2) is 29.8 Å². The number of para-hydroxylation sites is 1. The van der Waals surface area contributed by atoms with Crippen molar-refractivity contribution in [2.24, 2.45) is 0 Å². The highest BCUT2D eigenvalue weighted by molar-refractivity contribution is 6.20. The van der Waals surface area contributed by atoms with Crippen LogP contribution in [-0.2, 0) is 19.1 Å². The first-order valence-corrected chi connectivity index (χ1v) is 10.4. The van der Waals surface area contributed by atoms with E-state index in [1.165, 1.54) is 19.1 Å². The molecule has 0 bridgehead atoms. The molecule has 162 valence electrons. The van der Waals surface area contributed by atoms with Gasteiger partial charge in [-0.1, -0.05) is 38.1 Å². The lowest BCUT2D eigenvalue weighted by Crippen LogP contribution is -2.31. The third kappa shape index (κ3) is 4.99. The first kappa shape index (κ1) is 22.2. The summed E-state index contributed by atoms with van der Waals surface area (Å²) in [6, 6.07) is 13.6. The molecule has 0 spiro atoms. The molecule has 0 aromatic heterocycles. The maximum absolute atomic E-state index is 12.6. The largest absolute Gasteiger partial charge is 0.449 e. The quantitative estimate of drug-likeness (QED) is 0.537. The van der Waals surface area contributed by atoms with Gasteiger partial charge in [-0.25, -0.2) is 4.79 Å². The predicted octanol–water partition coefficient (Wildman–Crippen LogP) is 4.04. The topological polar surface area (TPSA) is 92.8 Å². The molecule has 2 aromatic carbocycles. The van der Waals surface area contributed by atoms with E-state index in [-0.39, 0.29) is 36.1 Å². The summed E-state index contributed by atoms with van der Waals surface area (Å²) in [6.07, 6.45) is 0.206. The van der Waals surface area contributed by atoms with Crippen LogP contribution in [0.3, 0.4) is 0 Å². The number of carbonyl (C=O) groups excluding carboxylic acids is 4. The van der Waals surface area contributed by atoms with Gasteiger partial charge in [0, 0.05) is 18.5 Å². The van der Waals surface area contributed by atoms with E-state index in [9.17, 15) is 19.2 Å². The van der Waals surface area contributed by atoms with Crippen LogP contribution in [0, 0.1) is 0 Å². The Morgan fingerprint density at radius 1 is 1.03 bits per heavy atom. The number of anilines is 2. The minimum Gasteiger partial charge on any atom is -0.449 e. The van der Waals surface area contributed by atoms with Crippen molar-refractivity contribution < 1.29 is 23.9 Å². The Kier molecular flexibility index (Phi) is 6.84. The van der Waals surface area contributed by atoms with Crippen molar-refractivity contribution in [2.45, 2.75) is 52.1 Å². The zero-order valence-corrected chi connectivity index (χ0v) is 17.9. The second kappa shape index (κ2) is 9.55. The highest BCUT2D eigenvalue weighted by atomic mass is 16.5. The van der Waals surface area contributed by atoms with Crippen molar-refractivity contribution in [1.82, 2.24) is 0 Å². The number of ether oxygens (including phenoxy) is 1. The maximum Gasteiger partial charge on any atom is 0.338 e. The molecular weight excluding hydrogens is 396 g/mol. The molecule has 0 unspecified atom stereocenters. The van der Waals surface area contributed by atoms with Crippen LogP contribution in [0.5, 0.6) is 0 Å². The molecule has 0 aliphatic carbocycles. The van der Waals surface area contributed by atoms with E-state index in [2.05, 4.69) is 19.2 Å². The van der Waals surface area contributed by atoms with Crippen LogP contribution in [0.15, 0.2) is 48.5 Å². The number of carbonyl (C=O) groups is 4. The first-order chi connectivity index (χ1) is 14.8. The molecule has 1 aliphatic rings. The monoisotopic (exact) mass is 422 g/mol. The molecule has 3 rings (SSSR count). The highest BCUT2D eigenvalue weighted by Crippen LogP contribution is 2.27. The number of nitrogens with one attached hydrogen (secondary N) is 1. The van der Waals surface area contributed by atoms with Crippen molar-refractivity contribution in [3.8, 4) is 0 Å². The standard InChI is InChI=1S/C24H26N2O5/c1-4-15(2)19-10-5-6-11-20(19)25-23(29)16(3)31-24(30)17-8-7-9-18(14-17)26-21(27)12-13-22(26)28/h5-11,14-16H,4,12-13H2,1-3H3,(H,25,29)/t15-,16-/m0/s1. The minimum absolute atomic E-state index is 0.156. The number of nitrogens with zero attached hydrogens (tertiary/aromatic N) is 1. The molecule has 2 aromatic rings. The zero-order valence-electron chi connectivity index (χ0n) is 17.9. The van der Waals surface area contributed by atoms with Crippen molar-refractivity contribution in [2.75, 3.05) is 10.2 Å². The molecule has 7 nitrogen and oxygen atoms in total. The normalized spacial score (nSPS) is 15.5. The van der Waals surface area contributed by atoms with Crippen LogP contribution in [0.2, 0.25) is 0 Å². The van der Waals surface area contributed by atoms with Crippen LogP contribution in [0.4, 0.5) is 11.4 Å². The summed E-state index contributed by atoms with van der Waals surface area (Å²) in [5, 5.41) is 2.84. The van der Waals surface area contributed by atoms with Crippen molar-refractivity contribution in [3.63, 3.8) is 0 Å². The number of imide groups is 1. The molecule has 2 atom stereocenters. The van der Waals surface area contributed by atoms with Crippen LogP contribution >= 0.6 is 0 Å². The van der Waals surface area contributed by atoms with E-state index in [0.717, 1.165) is 16.9 Å². The van der Waals surface area contributed by atoms with E-state index in [1.54, 1.807) is 12.1 Å². The Hall–Kier alpha value is -3.48. The zero-order chi connectivity index (χ0) is 22.5. The molecule has 1 aliphatic heterocycles. The SMILES string of the molecule is CC[C@H](C)c1ccccc1NC(=O)[C@H](C)OC(=O)c1cccc(N2C(=O)CCC2=O)c1. The molecule has 3 amide bonds. The van der Waals surface area contributed by atoms with Gasteiger partial charge in [-0.15, -0.1) is 0 Å². The van der Waals surface area contributed by atoms with E-state index in [4.69, 9.17) is 4.74 Å². The fourth-order valence-corrected chi connectivity index (χ4v) is 3.41. The average Bonchev–Trinajstić information content (AvgIpc) is 3.11. The van der Waals surface area contributed by atoms with Crippen molar-refractivity contribution >= 4 is 35.1 Å². The smallest absolute Gasteiger partial charge is 0.338 e. The Morgan fingerprint density at radius 2 is 1.71 bits per heavy atom. The molecule has 1 heterocycles. The van der Waals surface area contributed by atoms with E-state index in [1.807, 2.05) is 24.3 Å².